The van der Waals surface area contributed by atoms with Gasteiger partial charge in [0.25, 0.3) is 5.56 Å². The molecule has 3 rings (SSSR count). The van der Waals surface area contributed by atoms with Crippen molar-refractivity contribution in [3.63, 3.8) is 0 Å². The highest BCUT2D eigenvalue weighted by Gasteiger charge is 2.13. The van der Waals surface area contributed by atoms with E-state index < -0.39 is 0 Å². The Labute approximate surface area is 197 Å². The van der Waals surface area contributed by atoms with Gasteiger partial charge in [0.2, 0.25) is 5.91 Å². The van der Waals surface area contributed by atoms with Gasteiger partial charge < -0.3 is 19.8 Å². The summed E-state index contributed by atoms with van der Waals surface area (Å²) in [6.07, 6.45) is 1.23. The number of carbonyl (C=O) groups excluding carboxylic acids is 1. The molecule has 0 aliphatic rings. The van der Waals surface area contributed by atoms with Crippen LogP contribution in [0.2, 0.25) is 5.02 Å². The fourth-order valence-electron chi connectivity index (χ4n) is 3.06. The zero-order chi connectivity index (χ0) is 23.8. The molecule has 3 aromatic rings. The zero-order valence-electron chi connectivity index (χ0n) is 18.9. The van der Waals surface area contributed by atoms with E-state index in [0.717, 1.165) is 12.0 Å². The van der Waals surface area contributed by atoms with Gasteiger partial charge in [-0.05, 0) is 49.2 Å². The lowest BCUT2D eigenvalue weighted by molar-refractivity contribution is -0.121. The molecule has 2 aromatic carbocycles. The van der Waals surface area contributed by atoms with Crippen LogP contribution in [0.4, 0.5) is 0 Å². The number of ether oxygens (including phenoxy) is 2. The van der Waals surface area contributed by atoms with E-state index in [1.54, 1.807) is 24.3 Å². The summed E-state index contributed by atoms with van der Waals surface area (Å²) in [5.41, 5.74) is 1.38. The summed E-state index contributed by atoms with van der Waals surface area (Å²) in [6.45, 7) is 4.25. The average molecular weight is 471 g/mol. The molecule has 0 fully saturated rings. The van der Waals surface area contributed by atoms with Gasteiger partial charge in [-0.3, -0.25) is 9.59 Å². The van der Waals surface area contributed by atoms with E-state index in [1.165, 1.54) is 7.11 Å². The number of nitrogens with one attached hydrogen (secondary N) is 2. The van der Waals surface area contributed by atoms with Crippen LogP contribution >= 0.6 is 11.6 Å². The third kappa shape index (κ3) is 6.79. The molecule has 2 N–H and O–H groups in total. The smallest absolute Gasteiger partial charge is 0.273 e. The van der Waals surface area contributed by atoms with Crippen LogP contribution in [0.15, 0.2) is 47.3 Å². The molecular weight excluding hydrogens is 444 g/mol. The summed E-state index contributed by atoms with van der Waals surface area (Å²) < 4.78 is 11.3. The van der Waals surface area contributed by atoms with Gasteiger partial charge in [0.15, 0.2) is 17.3 Å². The van der Waals surface area contributed by atoms with E-state index in [-0.39, 0.29) is 36.0 Å². The Bertz CT molecular complexity index is 1170. The third-order valence-electron chi connectivity index (χ3n) is 5.09. The van der Waals surface area contributed by atoms with Crippen LogP contribution in [0.1, 0.15) is 37.9 Å². The third-order valence-corrected chi connectivity index (χ3v) is 5.33. The Morgan fingerprint density at radius 3 is 2.70 bits per heavy atom. The highest BCUT2D eigenvalue weighted by Crippen LogP contribution is 2.31. The first-order chi connectivity index (χ1) is 15.9. The molecule has 9 heteroatoms. The van der Waals surface area contributed by atoms with Crippen LogP contribution < -0.4 is 20.3 Å². The van der Waals surface area contributed by atoms with Crippen LogP contribution in [-0.4, -0.2) is 34.2 Å². The van der Waals surface area contributed by atoms with Crippen molar-refractivity contribution in [2.75, 3.05) is 7.11 Å². The second-order valence-electron chi connectivity index (χ2n) is 7.61. The Morgan fingerprint density at radius 1 is 1.18 bits per heavy atom. The van der Waals surface area contributed by atoms with Crippen LogP contribution in [0.5, 0.6) is 11.5 Å². The summed E-state index contributed by atoms with van der Waals surface area (Å²) in [6, 6.07) is 12.7. The molecule has 1 heterocycles. The average Bonchev–Trinajstić information content (AvgIpc) is 2.81. The zero-order valence-corrected chi connectivity index (χ0v) is 19.6. The van der Waals surface area contributed by atoms with E-state index in [4.69, 9.17) is 21.1 Å². The first-order valence-corrected chi connectivity index (χ1v) is 11.1. The second-order valence-corrected chi connectivity index (χ2v) is 8.05. The molecule has 0 saturated carbocycles. The maximum absolute atomic E-state index is 12.5. The summed E-state index contributed by atoms with van der Waals surface area (Å²) >= 11 is 6.02. The van der Waals surface area contributed by atoms with Gasteiger partial charge in [0.05, 0.1) is 7.11 Å². The number of rotatable bonds is 10. The highest BCUT2D eigenvalue weighted by molar-refractivity contribution is 6.30. The number of H-pyrrole nitrogens is 1. The molecule has 8 nitrogen and oxygen atoms in total. The van der Waals surface area contributed by atoms with Crippen molar-refractivity contribution in [1.82, 2.24) is 20.5 Å². The predicted octanol–water partition coefficient (Wildman–Crippen LogP) is 3.92. The Hall–Kier alpha value is -3.39. The minimum atomic E-state index is -0.378. The van der Waals surface area contributed by atoms with Crippen molar-refractivity contribution in [1.29, 1.82) is 0 Å². The molecule has 174 valence electrons. The first kappa shape index (κ1) is 24.3. The molecule has 1 aromatic heterocycles. The Morgan fingerprint density at radius 2 is 2.00 bits per heavy atom. The predicted molar refractivity (Wildman–Crippen MR) is 127 cm³/mol. The lowest BCUT2D eigenvalue weighted by atomic mass is 10.2. The Balaban J connectivity index is 1.69. The minimum Gasteiger partial charge on any atom is -0.493 e. The normalized spacial score (nSPS) is 11.6. The molecule has 1 unspecified atom stereocenters. The van der Waals surface area contributed by atoms with Crippen LogP contribution in [0.3, 0.4) is 0 Å². The molecule has 33 heavy (non-hydrogen) atoms. The molecule has 1 atom stereocenters. The fraction of sp³-hybridized carbons (Fsp3) is 0.333. The molecule has 0 aliphatic carbocycles. The second kappa shape index (κ2) is 11.5. The number of hydrogen-bond donors (Lipinski definition) is 2. The van der Waals surface area contributed by atoms with Gasteiger partial charge in [0.1, 0.15) is 12.3 Å². The van der Waals surface area contributed by atoms with Gasteiger partial charge in [0, 0.05) is 29.5 Å². The SMILES string of the molecule is CCC(C)NC(=O)CCc1nnc(-c2ccc(OCc3cccc(Cl)c3)c(OC)c2)[nH]c1=O. The van der Waals surface area contributed by atoms with Crippen molar-refractivity contribution in [2.24, 2.45) is 0 Å². The number of amides is 1. The number of benzene rings is 2. The molecule has 0 bridgehead atoms. The molecule has 1 amide bonds. The highest BCUT2D eigenvalue weighted by atomic mass is 35.5. The van der Waals surface area contributed by atoms with E-state index in [2.05, 4.69) is 20.5 Å². The number of carbonyl (C=O) groups is 1. The monoisotopic (exact) mass is 470 g/mol. The number of hydrogen-bond acceptors (Lipinski definition) is 6. The van der Waals surface area contributed by atoms with Gasteiger partial charge in [-0.1, -0.05) is 30.7 Å². The lowest BCUT2D eigenvalue weighted by Gasteiger charge is -2.12. The van der Waals surface area contributed by atoms with Crippen LogP contribution in [-0.2, 0) is 17.8 Å². The number of methoxy groups -OCH3 is 1. The maximum Gasteiger partial charge on any atom is 0.273 e. The Kier molecular flexibility index (Phi) is 8.43. The van der Waals surface area contributed by atoms with Crippen LogP contribution in [0, 0.1) is 0 Å². The number of nitrogens with zero attached hydrogens (tertiary/aromatic N) is 2. The maximum atomic E-state index is 12.5. The van der Waals surface area contributed by atoms with Crippen molar-refractivity contribution < 1.29 is 14.3 Å². The fourth-order valence-corrected chi connectivity index (χ4v) is 3.27. The van der Waals surface area contributed by atoms with Gasteiger partial charge >= 0.3 is 0 Å². The van der Waals surface area contributed by atoms with Gasteiger partial charge in [-0.15, -0.1) is 10.2 Å². The number of aryl methyl sites for hydroxylation is 1. The van der Waals surface area contributed by atoms with E-state index in [1.807, 2.05) is 32.0 Å². The molecule has 0 spiro atoms. The van der Waals surface area contributed by atoms with Crippen molar-refractivity contribution >= 4 is 17.5 Å². The summed E-state index contributed by atoms with van der Waals surface area (Å²) in [4.78, 5) is 27.1. The van der Waals surface area contributed by atoms with Crippen molar-refractivity contribution in [3.05, 3.63) is 69.1 Å². The quantitative estimate of drug-likeness (QED) is 0.465. The molecule has 0 saturated heterocycles. The first-order valence-electron chi connectivity index (χ1n) is 10.7. The number of aromatic nitrogens is 3. The number of aromatic amines is 1. The number of halogens is 1. The van der Waals surface area contributed by atoms with E-state index in [9.17, 15) is 9.59 Å². The topological polar surface area (TPSA) is 106 Å². The van der Waals surface area contributed by atoms with E-state index in [0.29, 0.717) is 34.5 Å². The lowest BCUT2D eigenvalue weighted by Crippen LogP contribution is -2.32. The summed E-state index contributed by atoms with van der Waals surface area (Å²) in [7, 11) is 1.54. The van der Waals surface area contributed by atoms with E-state index >= 15 is 0 Å². The largest absolute Gasteiger partial charge is 0.493 e. The molecule has 0 radical (unpaired) electrons. The molecular formula is C24H27ClN4O4. The van der Waals surface area contributed by atoms with Gasteiger partial charge in [-0.2, -0.15) is 0 Å². The summed E-state index contributed by atoms with van der Waals surface area (Å²) in [5, 5.41) is 11.7. The summed E-state index contributed by atoms with van der Waals surface area (Å²) in [5.74, 6) is 1.21. The van der Waals surface area contributed by atoms with Crippen LogP contribution in [0.25, 0.3) is 11.4 Å². The van der Waals surface area contributed by atoms with Crippen molar-refractivity contribution in [2.45, 2.75) is 45.8 Å². The van der Waals surface area contributed by atoms with Gasteiger partial charge in [-0.25, -0.2) is 0 Å². The molecule has 0 aliphatic heterocycles. The van der Waals surface area contributed by atoms with Crippen molar-refractivity contribution in [3.8, 4) is 22.9 Å². The standard InChI is InChI=1S/C24H27ClN4O4/c1-4-15(2)26-22(30)11-9-19-24(31)27-23(29-28-19)17-8-10-20(21(13-17)32-3)33-14-16-6-5-7-18(25)12-16/h5-8,10,12-13,15H,4,9,11,14H2,1-3H3,(H,26,30)(H,27,29,31). The minimum absolute atomic E-state index is 0.0941.